The minimum Gasteiger partial charge on any atom is -0.464 e. The molecule has 0 rings (SSSR count). The molecule has 0 aromatic carbocycles. The molecule has 2 atom stereocenters. The third-order valence-corrected chi connectivity index (χ3v) is 4.93. The summed E-state index contributed by atoms with van der Waals surface area (Å²) in [5, 5.41) is 3.76. The highest BCUT2D eigenvalue weighted by Crippen LogP contribution is 2.35. The number of esters is 1. The van der Waals surface area contributed by atoms with E-state index in [-0.39, 0.29) is 31.1 Å². The van der Waals surface area contributed by atoms with Crippen LogP contribution >= 0.6 is 23.5 Å². The predicted octanol–water partition coefficient (Wildman–Crippen LogP) is 2.86. The molecule has 13 heteroatoms. The number of ether oxygens (including phenoxy) is 1. The van der Waals surface area contributed by atoms with Crippen LogP contribution < -0.4 is 10.6 Å². The topological polar surface area (TPSA) is 84.5 Å². The molecule has 0 radical (unpaired) electrons. The van der Waals surface area contributed by atoms with Crippen molar-refractivity contribution in [3.63, 3.8) is 0 Å². The molecule has 30 heavy (non-hydrogen) atoms. The van der Waals surface area contributed by atoms with Crippen LogP contribution in [0.2, 0.25) is 0 Å². The summed E-state index contributed by atoms with van der Waals surface area (Å²) in [6.45, 7) is 3.70. The van der Waals surface area contributed by atoms with Crippen LogP contribution in [0.5, 0.6) is 0 Å². The first-order valence-electron chi connectivity index (χ1n) is 8.98. The Labute approximate surface area is 180 Å². The maximum absolute atomic E-state index is 13.3. The summed E-state index contributed by atoms with van der Waals surface area (Å²) in [7, 11) is 0. The van der Waals surface area contributed by atoms with Crippen LogP contribution in [0.3, 0.4) is 0 Å². The lowest BCUT2D eigenvalue weighted by molar-refractivity contribution is -0.270. The zero-order chi connectivity index (χ0) is 23.5. The van der Waals surface area contributed by atoms with Gasteiger partial charge in [0, 0.05) is 0 Å². The zero-order valence-corrected chi connectivity index (χ0v) is 18.7. The van der Waals surface area contributed by atoms with Crippen molar-refractivity contribution in [2.45, 2.75) is 50.9 Å². The molecule has 0 saturated heterocycles. The average Bonchev–Trinajstić information content (AvgIpc) is 2.64. The summed E-state index contributed by atoms with van der Waals surface area (Å²) in [5.74, 6) is -9.38. The van der Waals surface area contributed by atoms with Gasteiger partial charge in [0.2, 0.25) is 5.91 Å². The first kappa shape index (κ1) is 28.8. The lowest BCUT2D eigenvalue weighted by Crippen LogP contribution is -2.58. The highest BCUT2D eigenvalue weighted by atomic mass is 32.2. The lowest BCUT2D eigenvalue weighted by atomic mass is 10.1. The van der Waals surface area contributed by atoms with E-state index in [1.807, 2.05) is 0 Å². The first-order valence-corrected chi connectivity index (χ1v) is 11.8. The Morgan fingerprint density at radius 3 is 1.83 bits per heavy atom. The monoisotopic (exact) mass is 482 g/mol. The lowest BCUT2D eigenvalue weighted by Gasteiger charge is -2.25. The number of rotatable bonds is 13. The molecule has 0 aliphatic heterocycles. The normalized spacial score (nSPS) is 14.2. The van der Waals surface area contributed by atoms with Crippen molar-refractivity contribution < 1.29 is 41.1 Å². The van der Waals surface area contributed by atoms with E-state index in [1.54, 1.807) is 26.4 Å². The summed E-state index contributed by atoms with van der Waals surface area (Å²) in [4.78, 5) is 36.2. The van der Waals surface area contributed by atoms with E-state index in [0.717, 1.165) is 0 Å². The molecule has 2 N–H and O–H groups in total. The number of hydrogen-bond donors (Lipinski definition) is 2. The molecule has 0 heterocycles. The molecule has 0 aliphatic rings. The number of nitrogens with one attached hydrogen (secondary N) is 2. The van der Waals surface area contributed by atoms with Gasteiger partial charge in [-0.05, 0) is 42.8 Å². The van der Waals surface area contributed by atoms with Gasteiger partial charge in [0.1, 0.15) is 12.1 Å². The van der Waals surface area contributed by atoms with Crippen molar-refractivity contribution >= 4 is 41.3 Å². The molecule has 2 amide bonds. The van der Waals surface area contributed by atoms with E-state index < -0.39 is 42.0 Å². The molecule has 0 bridgehead atoms. The van der Waals surface area contributed by atoms with E-state index in [4.69, 9.17) is 4.74 Å². The number of alkyl halides is 5. The van der Waals surface area contributed by atoms with Crippen molar-refractivity contribution in [2.75, 3.05) is 30.6 Å². The van der Waals surface area contributed by atoms with Gasteiger partial charge in [-0.2, -0.15) is 45.5 Å². The van der Waals surface area contributed by atoms with Crippen molar-refractivity contribution in [3.05, 3.63) is 0 Å². The second kappa shape index (κ2) is 13.2. The Kier molecular flexibility index (Phi) is 12.7. The standard InChI is InChI=1S/C17H27F5N2O4S2/c1-10(2)9-28-14(26)12(6-8-30-4)23-13(25)11(5-7-29-3)24-15(27)16(18,19)17(20,21)22/h10-12H,5-9H2,1-4H3,(H,23,25)(H,24,27). The highest BCUT2D eigenvalue weighted by molar-refractivity contribution is 7.98. The molecule has 0 aromatic heterocycles. The highest BCUT2D eigenvalue weighted by Gasteiger charge is 2.63. The largest absolute Gasteiger partial charge is 0.464 e. The maximum Gasteiger partial charge on any atom is 0.463 e. The Hall–Kier alpha value is -1.24. The Bertz CT molecular complexity index is 577. The second-order valence-corrected chi connectivity index (χ2v) is 8.72. The molecule has 0 saturated carbocycles. The van der Waals surface area contributed by atoms with Gasteiger partial charge < -0.3 is 15.4 Å². The fourth-order valence-electron chi connectivity index (χ4n) is 1.99. The number of thioether (sulfide) groups is 2. The number of amides is 2. The number of carbonyl (C=O) groups is 3. The SMILES string of the molecule is CSCCC(NC(=O)C(F)(F)C(F)(F)F)C(=O)NC(CCSC)C(=O)OCC(C)C. The van der Waals surface area contributed by atoms with Crippen LogP contribution in [0.1, 0.15) is 26.7 Å². The summed E-state index contributed by atoms with van der Waals surface area (Å²) in [5.41, 5.74) is 0. The fourth-order valence-corrected chi connectivity index (χ4v) is 2.93. The van der Waals surface area contributed by atoms with Gasteiger partial charge in [-0.25, -0.2) is 4.79 Å². The zero-order valence-electron chi connectivity index (χ0n) is 17.1. The van der Waals surface area contributed by atoms with Crippen LogP contribution in [0.15, 0.2) is 0 Å². The number of carbonyl (C=O) groups excluding carboxylic acids is 3. The molecule has 176 valence electrons. The Morgan fingerprint density at radius 1 is 0.900 bits per heavy atom. The van der Waals surface area contributed by atoms with Gasteiger partial charge in [0.25, 0.3) is 0 Å². The number of hydrogen-bond acceptors (Lipinski definition) is 6. The molecule has 0 spiro atoms. The van der Waals surface area contributed by atoms with Crippen molar-refractivity contribution in [2.24, 2.45) is 5.92 Å². The van der Waals surface area contributed by atoms with Gasteiger partial charge in [0.05, 0.1) is 6.61 Å². The Morgan fingerprint density at radius 2 is 1.40 bits per heavy atom. The van der Waals surface area contributed by atoms with Gasteiger partial charge >= 0.3 is 24.0 Å². The van der Waals surface area contributed by atoms with Crippen LogP contribution in [0.4, 0.5) is 22.0 Å². The van der Waals surface area contributed by atoms with Gasteiger partial charge in [-0.3, -0.25) is 9.59 Å². The maximum atomic E-state index is 13.3. The number of halogens is 5. The van der Waals surface area contributed by atoms with E-state index in [1.165, 1.54) is 28.8 Å². The summed E-state index contributed by atoms with van der Waals surface area (Å²) in [6.07, 6.45) is -2.75. The fraction of sp³-hybridized carbons (Fsp3) is 0.824. The van der Waals surface area contributed by atoms with E-state index >= 15 is 0 Å². The van der Waals surface area contributed by atoms with Crippen molar-refractivity contribution in [3.8, 4) is 0 Å². The van der Waals surface area contributed by atoms with Gasteiger partial charge in [0.15, 0.2) is 0 Å². The molecule has 6 nitrogen and oxygen atoms in total. The summed E-state index contributed by atoms with van der Waals surface area (Å²) >= 11 is 2.58. The van der Waals surface area contributed by atoms with Gasteiger partial charge in [-0.15, -0.1) is 0 Å². The van der Waals surface area contributed by atoms with Crippen molar-refractivity contribution in [1.29, 1.82) is 0 Å². The first-order chi connectivity index (χ1) is 13.8. The minimum atomic E-state index is -6.10. The molecule has 0 fully saturated rings. The summed E-state index contributed by atoms with van der Waals surface area (Å²) in [6, 6.07) is -2.80. The smallest absolute Gasteiger partial charge is 0.463 e. The second-order valence-electron chi connectivity index (χ2n) is 6.75. The molecule has 0 aromatic rings. The molecule has 0 aliphatic carbocycles. The summed E-state index contributed by atoms with van der Waals surface area (Å²) < 4.78 is 68.8. The van der Waals surface area contributed by atoms with E-state index in [9.17, 15) is 36.3 Å². The van der Waals surface area contributed by atoms with Crippen LogP contribution in [0.25, 0.3) is 0 Å². The van der Waals surface area contributed by atoms with E-state index in [0.29, 0.717) is 5.75 Å². The quantitative estimate of drug-likeness (QED) is 0.310. The van der Waals surface area contributed by atoms with E-state index in [2.05, 4.69) is 5.32 Å². The third-order valence-electron chi connectivity index (χ3n) is 3.64. The third kappa shape index (κ3) is 9.71. The molecular formula is C17H27F5N2O4S2. The average molecular weight is 483 g/mol. The van der Waals surface area contributed by atoms with Crippen LogP contribution in [-0.4, -0.2) is 72.6 Å². The van der Waals surface area contributed by atoms with Gasteiger partial charge in [-0.1, -0.05) is 13.8 Å². The van der Waals surface area contributed by atoms with Crippen LogP contribution in [-0.2, 0) is 19.1 Å². The van der Waals surface area contributed by atoms with Crippen LogP contribution in [0, 0.1) is 5.92 Å². The predicted molar refractivity (Wildman–Crippen MR) is 107 cm³/mol. The Balaban J connectivity index is 5.36. The molecular weight excluding hydrogens is 455 g/mol. The minimum absolute atomic E-state index is 0.0315. The van der Waals surface area contributed by atoms with Crippen molar-refractivity contribution in [1.82, 2.24) is 10.6 Å². The molecule has 2 unspecified atom stereocenters.